The summed E-state index contributed by atoms with van der Waals surface area (Å²) in [5, 5.41) is 9.76. The van der Waals surface area contributed by atoms with Crippen molar-refractivity contribution >= 4 is 6.08 Å². The van der Waals surface area contributed by atoms with Gasteiger partial charge in [-0.15, -0.1) is 0 Å². The minimum Gasteiger partial charge on any atom is -0.393 e. The van der Waals surface area contributed by atoms with Gasteiger partial charge >= 0.3 is 6.18 Å². The summed E-state index contributed by atoms with van der Waals surface area (Å²) in [7, 11) is 1.63. The van der Waals surface area contributed by atoms with Crippen molar-refractivity contribution < 1.29 is 27.8 Å². The van der Waals surface area contributed by atoms with Gasteiger partial charge in [-0.2, -0.15) is 13.2 Å². The molecule has 7 heteroatoms. The van der Waals surface area contributed by atoms with Crippen LogP contribution in [0, 0.1) is 5.92 Å². The number of aliphatic hydroxyl groups excluding tert-OH is 1. The van der Waals surface area contributed by atoms with Crippen LogP contribution in [-0.2, 0) is 15.7 Å². The van der Waals surface area contributed by atoms with Crippen LogP contribution in [0.3, 0.4) is 0 Å². The molecule has 0 fully saturated rings. The topological polar surface area (TPSA) is 51.6 Å². The third-order valence-corrected chi connectivity index (χ3v) is 4.79. The Morgan fingerprint density at radius 1 is 1.10 bits per heavy atom. The summed E-state index contributed by atoms with van der Waals surface area (Å²) in [6.45, 7) is 3.53. The molecule has 0 unspecified atom stereocenters. The Labute approximate surface area is 181 Å². The molecule has 1 aromatic heterocycles. The zero-order valence-electron chi connectivity index (χ0n) is 17.9. The molecular weight excluding hydrogens is 407 g/mol. The van der Waals surface area contributed by atoms with Crippen LogP contribution in [0.5, 0.6) is 0 Å². The van der Waals surface area contributed by atoms with Crippen LogP contribution < -0.4 is 0 Å². The molecule has 1 N–H and O–H groups in total. The molecule has 2 aromatic rings. The number of methoxy groups -OCH3 is 1. The van der Waals surface area contributed by atoms with E-state index in [1.165, 1.54) is 6.07 Å². The molecule has 2 atom stereocenters. The predicted molar refractivity (Wildman–Crippen MR) is 115 cm³/mol. The summed E-state index contributed by atoms with van der Waals surface area (Å²) < 4.78 is 49.2. The second-order valence-corrected chi connectivity index (χ2v) is 7.50. The number of aromatic nitrogens is 1. The maximum absolute atomic E-state index is 12.9. The summed E-state index contributed by atoms with van der Waals surface area (Å²) in [6, 6.07) is 8.74. The molecule has 0 aliphatic heterocycles. The van der Waals surface area contributed by atoms with Crippen LogP contribution in [0.25, 0.3) is 17.2 Å². The Kier molecular flexibility index (Phi) is 10.2. The van der Waals surface area contributed by atoms with Crippen molar-refractivity contribution in [2.45, 2.75) is 38.5 Å². The van der Waals surface area contributed by atoms with Crippen LogP contribution in [0.1, 0.15) is 37.4 Å². The number of alkyl halides is 3. The summed E-state index contributed by atoms with van der Waals surface area (Å²) in [5.74, 6) is 0.177. The number of ether oxygens (including phenoxy) is 2. The van der Waals surface area contributed by atoms with Gasteiger partial charge in [0.25, 0.3) is 0 Å². The molecule has 4 nitrogen and oxygen atoms in total. The van der Waals surface area contributed by atoms with Crippen molar-refractivity contribution in [3.8, 4) is 11.1 Å². The smallest absolute Gasteiger partial charge is 0.393 e. The first-order chi connectivity index (χ1) is 14.8. The number of hydrogen-bond acceptors (Lipinski definition) is 4. The van der Waals surface area contributed by atoms with Gasteiger partial charge in [0.15, 0.2) is 0 Å². The third kappa shape index (κ3) is 9.21. The van der Waals surface area contributed by atoms with Gasteiger partial charge in [0.2, 0.25) is 0 Å². The molecule has 0 amide bonds. The van der Waals surface area contributed by atoms with Gasteiger partial charge in [0.05, 0.1) is 30.6 Å². The van der Waals surface area contributed by atoms with Crippen molar-refractivity contribution in [3.05, 3.63) is 59.9 Å². The van der Waals surface area contributed by atoms with Crippen molar-refractivity contribution in [2.24, 2.45) is 5.92 Å². The Balaban J connectivity index is 1.98. The van der Waals surface area contributed by atoms with E-state index in [0.717, 1.165) is 25.0 Å². The number of hydrogen-bond donors (Lipinski definition) is 1. The van der Waals surface area contributed by atoms with E-state index in [1.807, 2.05) is 12.2 Å². The molecule has 1 heterocycles. The molecular formula is C24H30F3NO3. The lowest BCUT2D eigenvalue weighted by molar-refractivity contribution is -0.137. The Morgan fingerprint density at radius 3 is 2.55 bits per heavy atom. The average Bonchev–Trinajstić information content (AvgIpc) is 2.74. The van der Waals surface area contributed by atoms with Crippen LogP contribution in [0.15, 0.2) is 48.7 Å². The SMILES string of the molecule is COCCOCCC[C@@H](/C=C/c1ccc(-c2cccc(C(F)(F)F)c2)cn1)C[C@H](C)O. The van der Waals surface area contributed by atoms with E-state index in [-0.39, 0.29) is 5.92 Å². The van der Waals surface area contributed by atoms with Gasteiger partial charge in [-0.05, 0) is 61.9 Å². The van der Waals surface area contributed by atoms with E-state index >= 15 is 0 Å². The lowest BCUT2D eigenvalue weighted by atomic mass is 9.96. The molecule has 0 aliphatic rings. The number of allylic oxidation sites excluding steroid dienone is 1. The highest BCUT2D eigenvalue weighted by molar-refractivity contribution is 5.64. The Hall–Kier alpha value is -2.22. The van der Waals surface area contributed by atoms with E-state index < -0.39 is 17.8 Å². The average molecular weight is 438 g/mol. The molecule has 0 radical (unpaired) electrons. The molecule has 31 heavy (non-hydrogen) atoms. The molecule has 0 saturated heterocycles. The van der Waals surface area contributed by atoms with E-state index in [9.17, 15) is 18.3 Å². The minimum absolute atomic E-state index is 0.177. The largest absolute Gasteiger partial charge is 0.416 e. The fraction of sp³-hybridized carbons (Fsp3) is 0.458. The van der Waals surface area contributed by atoms with Gasteiger partial charge in [0, 0.05) is 25.5 Å². The highest BCUT2D eigenvalue weighted by Crippen LogP contribution is 2.32. The van der Waals surface area contributed by atoms with Crippen molar-refractivity contribution in [1.82, 2.24) is 4.98 Å². The second-order valence-electron chi connectivity index (χ2n) is 7.50. The maximum atomic E-state index is 12.9. The molecule has 0 saturated carbocycles. The number of nitrogens with zero attached hydrogens (tertiary/aromatic N) is 1. The van der Waals surface area contributed by atoms with E-state index in [1.54, 1.807) is 38.4 Å². The standard InChI is InChI=1S/C24H30F3NO3/c1-18(29)15-19(5-4-12-31-14-13-30-2)8-10-23-11-9-21(17-28-23)20-6-3-7-22(16-20)24(25,26)27/h3,6-11,16-19,29H,4-5,12-15H2,1-2H3/b10-8+/t18-,19-/m0/s1. The highest BCUT2D eigenvalue weighted by atomic mass is 19.4. The normalized spacial score (nSPS) is 14.1. The number of aliphatic hydroxyl groups is 1. The summed E-state index contributed by atoms with van der Waals surface area (Å²) in [5.41, 5.74) is 1.12. The molecule has 170 valence electrons. The lowest BCUT2D eigenvalue weighted by Crippen LogP contribution is -2.10. The zero-order chi connectivity index (χ0) is 22.7. The Morgan fingerprint density at radius 2 is 1.90 bits per heavy atom. The van der Waals surface area contributed by atoms with Crippen LogP contribution in [0.2, 0.25) is 0 Å². The lowest BCUT2D eigenvalue weighted by Gasteiger charge is -2.14. The minimum atomic E-state index is -4.38. The molecule has 0 bridgehead atoms. The first-order valence-corrected chi connectivity index (χ1v) is 10.4. The van der Waals surface area contributed by atoms with Gasteiger partial charge in [-0.3, -0.25) is 4.98 Å². The van der Waals surface area contributed by atoms with Gasteiger partial charge in [0.1, 0.15) is 0 Å². The number of benzene rings is 1. The first-order valence-electron chi connectivity index (χ1n) is 10.4. The van der Waals surface area contributed by atoms with E-state index in [0.29, 0.717) is 43.1 Å². The second kappa shape index (κ2) is 12.6. The number of halogens is 3. The number of rotatable bonds is 12. The first kappa shape index (κ1) is 25.0. The zero-order valence-corrected chi connectivity index (χ0v) is 17.9. The van der Waals surface area contributed by atoms with Crippen LogP contribution in [0.4, 0.5) is 13.2 Å². The van der Waals surface area contributed by atoms with E-state index in [4.69, 9.17) is 9.47 Å². The van der Waals surface area contributed by atoms with E-state index in [2.05, 4.69) is 4.98 Å². The third-order valence-electron chi connectivity index (χ3n) is 4.79. The summed E-state index contributed by atoms with van der Waals surface area (Å²) in [4.78, 5) is 4.36. The van der Waals surface area contributed by atoms with Crippen molar-refractivity contribution in [3.63, 3.8) is 0 Å². The molecule has 0 spiro atoms. The van der Waals surface area contributed by atoms with Crippen molar-refractivity contribution in [2.75, 3.05) is 26.9 Å². The summed E-state index contributed by atoms with van der Waals surface area (Å²) in [6.07, 6.45) is 3.06. The quantitative estimate of drug-likeness (QED) is 0.439. The van der Waals surface area contributed by atoms with Gasteiger partial charge < -0.3 is 14.6 Å². The van der Waals surface area contributed by atoms with Crippen LogP contribution in [-0.4, -0.2) is 43.1 Å². The molecule has 1 aromatic carbocycles. The monoisotopic (exact) mass is 437 g/mol. The molecule has 0 aliphatic carbocycles. The fourth-order valence-corrected chi connectivity index (χ4v) is 3.21. The van der Waals surface area contributed by atoms with Gasteiger partial charge in [-0.25, -0.2) is 0 Å². The van der Waals surface area contributed by atoms with Gasteiger partial charge in [-0.1, -0.05) is 24.3 Å². The fourth-order valence-electron chi connectivity index (χ4n) is 3.21. The van der Waals surface area contributed by atoms with Crippen LogP contribution >= 0.6 is 0 Å². The van der Waals surface area contributed by atoms with Crippen molar-refractivity contribution in [1.29, 1.82) is 0 Å². The predicted octanol–water partition coefficient (Wildman–Crippen LogP) is 5.61. The maximum Gasteiger partial charge on any atom is 0.416 e. The highest BCUT2D eigenvalue weighted by Gasteiger charge is 2.30. The summed E-state index contributed by atoms with van der Waals surface area (Å²) >= 11 is 0. The number of pyridine rings is 1. The molecule has 2 rings (SSSR count). The Bertz CT molecular complexity index is 804.